The Labute approximate surface area is 118 Å². The summed E-state index contributed by atoms with van der Waals surface area (Å²) in [7, 11) is 0. The quantitative estimate of drug-likeness (QED) is 0.808. The van der Waals surface area contributed by atoms with Crippen LogP contribution in [0, 0.1) is 6.92 Å². The van der Waals surface area contributed by atoms with Gasteiger partial charge >= 0.3 is 12.1 Å². The van der Waals surface area contributed by atoms with Crippen LogP contribution in [0.1, 0.15) is 28.7 Å². The molecule has 0 saturated heterocycles. The van der Waals surface area contributed by atoms with Gasteiger partial charge in [0, 0.05) is 5.56 Å². The highest BCUT2D eigenvalue weighted by Crippen LogP contribution is 2.37. The Kier molecular flexibility index (Phi) is 4.02. The number of aryl methyl sites for hydroxylation is 1. The Morgan fingerprint density at radius 1 is 1.33 bits per heavy atom. The van der Waals surface area contributed by atoms with Gasteiger partial charge in [0.2, 0.25) is 11.7 Å². The Bertz CT molecular complexity index is 662. The van der Waals surface area contributed by atoms with Crippen molar-refractivity contribution >= 4 is 5.97 Å². The molecule has 112 valence electrons. The molecule has 4 nitrogen and oxygen atoms in total. The second-order valence-corrected chi connectivity index (χ2v) is 4.20. The molecule has 0 amide bonds. The fourth-order valence-electron chi connectivity index (χ4n) is 1.81. The molecule has 0 radical (unpaired) electrons. The lowest BCUT2D eigenvalue weighted by Gasteiger charge is -2.09. The van der Waals surface area contributed by atoms with E-state index in [4.69, 9.17) is 9.15 Å². The molecule has 0 unspecified atom stereocenters. The van der Waals surface area contributed by atoms with Crippen LogP contribution >= 0.6 is 0 Å². The molecule has 0 spiro atoms. The van der Waals surface area contributed by atoms with E-state index < -0.39 is 17.7 Å². The molecule has 0 fully saturated rings. The van der Waals surface area contributed by atoms with E-state index >= 15 is 0 Å². The predicted octanol–water partition coefficient (Wildman–Crippen LogP) is 3.85. The lowest BCUT2D eigenvalue weighted by atomic mass is 10.1. The average molecular weight is 299 g/mol. The van der Waals surface area contributed by atoms with Gasteiger partial charge in [-0.05, 0) is 26.0 Å². The van der Waals surface area contributed by atoms with E-state index in [1.165, 1.54) is 25.1 Å². The zero-order chi connectivity index (χ0) is 15.6. The Balaban J connectivity index is 2.50. The number of carbonyl (C=O) groups excluding carboxylic acids is 1. The van der Waals surface area contributed by atoms with Crippen molar-refractivity contribution in [3.63, 3.8) is 0 Å². The van der Waals surface area contributed by atoms with Gasteiger partial charge in [-0.3, -0.25) is 0 Å². The summed E-state index contributed by atoms with van der Waals surface area (Å²) >= 11 is 0. The first-order valence-corrected chi connectivity index (χ1v) is 6.15. The van der Waals surface area contributed by atoms with Gasteiger partial charge in [-0.15, -0.1) is 0 Å². The summed E-state index contributed by atoms with van der Waals surface area (Å²) in [5, 5.41) is 0. The largest absolute Gasteiger partial charge is 0.460 e. The molecule has 0 aliphatic carbocycles. The van der Waals surface area contributed by atoms with E-state index in [9.17, 15) is 18.0 Å². The van der Waals surface area contributed by atoms with Gasteiger partial charge in [0.05, 0.1) is 17.9 Å². The molecular weight excluding hydrogens is 287 g/mol. The third-order valence-electron chi connectivity index (χ3n) is 2.72. The first-order chi connectivity index (χ1) is 9.84. The average Bonchev–Trinajstić information content (AvgIpc) is 2.80. The number of benzene rings is 1. The normalized spacial score (nSPS) is 11.5. The summed E-state index contributed by atoms with van der Waals surface area (Å²) in [4.78, 5) is 15.5. The zero-order valence-corrected chi connectivity index (χ0v) is 11.3. The molecule has 1 aromatic carbocycles. The molecule has 21 heavy (non-hydrogen) atoms. The number of halogens is 3. The van der Waals surface area contributed by atoms with E-state index in [2.05, 4.69) is 4.98 Å². The molecule has 0 aliphatic heterocycles. The first kappa shape index (κ1) is 15.1. The second-order valence-electron chi connectivity index (χ2n) is 4.20. The molecule has 0 atom stereocenters. The van der Waals surface area contributed by atoms with Crippen LogP contribution in [0.15, 0.2) is 28.7 Å². The SMILES string of the molecule is CCOC(=O)c1oc(-c2ccccc2C(F)(F)F)nc1C. The minimum absolute atomic E-state index is 0.132. The summed E-state index contributed by atoms with van der Waals surface area (Å²) in [6, 6.07) is 4.88. The minimum Gasteiger partial charge on any atom is -0.460 e. The number of esters is 1. The monoisotopic (exact) mass is 299 g/mol. The smallest absolute Gasteiger partial charge is 0.417 e. The van der Waals surface area contributed by atoms with Crippen LogP contribution in [0.25, 0.3) is 11.5 Å². The molecule has 0 bridgehead atoms. The van der Waals surface area contributed by atoms with Gasteiger partial charge in [0.25, 0.3) is 0 Å². The predicted molar refractivity (Wildman–Crippen MR) is 67.6 cm³/mol. The lowest BCUT2D eigenvalue weighted by molar-refractivity contribution is -0.137. The minimum atomic E-state index is -4.54. The van der Waals surface area contributed by atoms with E-state index in [1.807, 2.05) is 0 Å². The summed E-state index contributed by atoms with van der Waals surface area (Å²) in [6.45, 7) is 3.21. The summed E-state index contributed by atoms with van der Waals surface area (Å²) in [5.74, 6) is -1.20. The molecule has 2 rings (SSSR count). The van der Waals surface area contributed by atoms with Gasteiger partial charge in [0.1, 0.15) is 0 Å². The molecule has 1 aromatic heterocycles. The Morgan fingerprint density at radius 3 is 2.62 bits per heavy atom. The number of ether oxygens (including phenoxy) is 1. The van der Waals surface area contributed by atoms with Crippen LogP contribution in [-0.2, 0) is 10.9 Å². The van der Waals surface area contributed by atoms with Crippen LogP contribution in [0.2, 0.25) is 0 Å². The highest BCUT2D eigenvalue weighted by Gasteiger charge is 2.35. The molecule has 7 heteroatoms. The summed E-state index contributed by atoms with van der Waals surface area (Å²) in [5.41, 5.74) is -0.911. The van der Waals surface area contributed by atoms with E-state index in [0.29, 0.717) is 0 Å². The highest BCUT2D eigenvalue weighted by molar-refractivity contribution is 5.88. The van der Waals surface area contributed by atoms with Crippen LogP contribution < -0.4 is 0 Å². The van der Waals surface area contributed by atoms with Crippen LogP contribution in [0.5, 0.6) is 0 Å². The van der Waals surface area contributed by atoms with Crippen LogP contribution in [-0.4, -0.2) is 17.6 Å². The maximum Gasteiger partial charge on any atom is 0.417 e. The van der Waals surface area contributed by atoms with Gasteiger partial charge in [0.15, 0.2) is 0 Å². The number of alkyl halides is 3. The van der Waals surface area contributed by atoms with E-state index in [0.717, 1.165) is 6.07 Å². The van der Waals surface area contributed by atoms with Crippen molar-refractivity contribution in [1.82, 2.24) is 4.98 Å². The number of oxazole rings is 1. The van der Waals surface area contributed by atoms with Crippen molar-refractivity contribution in [3.8, 4) is 11.5 Å². The van der Waals surface area contributed by atoms with Crippen LogP contribution in [0.3, 0.4) is 0 Å². The fourth-order valence-corrected chi connectivity index (χ4v) is 1.81. The van der Waals surface area contributed by atoms with Crippen molar-refractivity contribution in [2.24, 2.45) is 0 Å². The van der Waals surface area contributed by atoms with Crippen molar-refractivity contribution in [2.45, 2.75) is 20.0 Å². The third kappa shape index (κ3) is 3.07. The van der Waals surface area contributed by atoms with Crippen LogP contribution in [0.4, 0.5) is 13.2 Å². The molecule has 1 heterocycles. The second kappa shape index (κ2) is 5.59. The topological polar surface area (TPSA) is 52.3 Å². The maximum atomic E-state index is 13.0. The van der Waals surface area contributed by atoms with Gasteiger partial charge in [-0.1, -0.05) is 12.1 Å². The number of nitrogens with zero attached hydrogens (tertiary/aromatic N) is 1. The highest BCUT2D eigenvalue weighted by atomic mass is 19.4. The lowest BCUT2D eigenvalue weighted by Crippen LogP contribution is -2.07. The molecular formula is C14H12F3NO3. The maximum absolute atomic E-state index is 13.0. The number of hydrogen-bond acceptors (Lipinski definition) is 4. The van der Waals surface area contributed by atoms with Gasteiger partial charge in [-0.25, -0.2) is 9.78 Å². The van der Waals surface area contributed by atoms with E-state index in [-0.39, 0.29) is 29.5 Å². The summed E-state index contributed by atoms with van der Waals surface area (Å²) in [6.07, 6.45) is -4.54. The van der Waals surface area contributed by atoms with Gasteiger partial charge < -0.3 is 9.15 Å². The number of aromatic nitrogens is 1. The van der Waals surface area contributed by atoms with Crippen molar-refractivity contribution in [1.29, 1.82) is 0 Å². The van der Waals surface area contributed by atoms with Gasteiger partial charge in [-0.2, -0.15) is 13.2 Å². The first-order valence-electron chi connectivity index (χ1n) is 6.15. The molecule has 0 aliphatic rings. The number of rotatable bonds is 3. The van der Waals surface area contributed by atoms with Crippen molar-refractivity contribution in [2.75, 3.05) is 6.61 Å². The molecule has 2 aromatic rings. The Hall–Kier alpha value is -2.31. The number of carbonyl (C=O) groups is 1. The zero-order valence-electron chi connectivity index (χ0n) is 11.3. The van der Waals surface area contributed by atoms with Crippen molar-refractivity contribution in [3.05, 3.63) is 41.3 Å². The molecule has 0 N–H and O–H groups in total. The van der Waals surface area contributed by atoms with E-state index in [1.54, 1.807) is 6.92 Å². The molecule has 0 saturated carbocycles. The fraction of sp³-hybridized carbons (Fsp3) is 0.286. The number of hydrogen-bond donors (Lipinski definition) is 0. The Morgan fingerprint density at radius 2 is 2.00 bits per heavy atom. The standard InChI is InChI=1S/C14H12F3NO3/c1-3-20-13(19)11-8(2)18-12(21-11)9-6-4-5-7-10(9)14(15,16)17/h4-7H,3H2,1-2H3. The summed E-state index contributed by atoms with van der Waals surface area (Å²) < 4.78 is 48.8. The van der Waals surface area contributed by atoms with Crippen molar-refractivity contribution < 1.29 is 27.1 Å². The third-order valence-corrected chi connectivity index (χ3v) is 2.72.